The second-order valence-electron chi connectivity index (χ2n) is 3.99. The van der Waals surface area contributed by atoms with Crippen molar-refractivity contribution in [2.24, 2.45) is 0 Å². The number of carbonyl (C=O) groups is 1. The first kappa shape index (κ1) is 13.7. The lowest BCUT2D eigenvalue weighted by Crippen LogP contribution is -2.17. The molecule has 1 aromatic carbocycles. The summed E-state index contributed by atoms with van der Waals surface area (Å²) in [6, 6.07) is 7.92. The van der Waals surface area contributed by atoms with Gasteiger partial charge in [0.05, 0.1) is 19.9 Å². The third-order valence-corrected chi connectivity index (χ3v) is 2.84. The molecule has 0 aliphatic rings. The summed E-state index contributed by atoms with van der Waals surface area (Å²) >= 11 is 0. The molecule has 2 aromatic rings. The Hall–Kier alpha value is -2.76. The molecule has 2 N–H and O–H groups in total. The molecule has 6 heteroatoms. The summed E-state index contributed by atoms with van der Waals surface area (Å²) in [4.78, 5) is 25.0. The minimum Gasteiger partial charge on any atom is -0.497 e. The number of hydrogen-bond acceptors (Lipinski definition) is 4. The molecule has 0 unspecified atom stereocenters. The van der Waals surface area contributed by atoms with E-state index in [0.29, 0.717) is 22.8 Å². The summed E-state index contributed by atoms with van der Waals surface area (Å²) in [6.07, 6.45) is 0. The summed E-state index contributed by atoms with van der Waals surface area (Å²) in [5.74, 6) is -0.127. The molecule has 0 aliphatic heterocycles. The molecule has 104 valence electrons. The van der Waals surface area contributed by atoms with Gasteiger partial charge in [0.25, 0.3) is 5.56 Å². The third kappa shape index (κ3) is 2.49. The van der Waals surface area contributed by atoms with Crippen molar-refractivity contribution in [3.8, 4) is 22.8 Å². The highest BCUT2D eigenvalue weighted by atomic mass is 16.5. The highest BCUT2D eigenvalue weighted by Crippen LogP contribution is 2.31. The highest BCUT2D eigenvalue weighted by Gasteiger charge is 2.12. The molecule has 0 bridgehead atoms. The van der Waals surface area contributed by atoms with Crippen LogP contribution in [0.15, 0.2) is 35.1 Å². The van der Waals surface area contributed by atoms with Gasteiger partial charge in [0.1, 0.15) is 17.1 Å². The Labute approximate surface area is 114 Å². The Kier molecular flexibility index (Phi) is 3.74. The van der Waals surface area contributed by atoms with Crippen molar-refractivity contribution >= 4 is 5.97 Å². The predicted octanol–water partition coefficient (Wildman–Crippen LogP) is 1.76. The zero-order valence-electron chi connectivity index (χ0n) is 11.0. The van der Waals surface area contributed by atoms with Crippen LogP contribution in [0.4, 0.5) is 0 Å². The molecule has 1 aromatic heterocycles. The minimum atomic E-state index is -1.26. The standard InChI is InChI=1S/C14H13NO5/c1-19-8-3-4-9(12(7-8)20-2)11-6-5-10(14(17)18)13(16)15-11/h3-7H,1-2H3,(H,15,16)(H,17,18). The van der Waals surface area contributed by atoms with E-state index in [9.17, 15) is 9.59 Å². The molecule has 6 nitrogen and oxygen atoms in total. The molecule has 0 radical (unpaired) electrons. The number of aromatic carboxylic acids is 1. The SMILES string of the molecule is COc1ccc(-c2ccc(C(=O)O)c(=O)[nH]2)c(OC)c1. The Balaban J connectivity index is 2.54. The number of aromatic amines is 1. The van der Waals surface area contributed by atoms with Crippen molar-refractivity contribution in [1.29, 1.82) is 0 Å². The molecule has 0 amide bonds. The maximum Gasteiger partial charge on any atom is 0.341 e. The number of hydrogen-bond donors (Lipinski definition) is 2. The average molecular weight is 275 g/mol. The van der Waals surface area contributed by atoms with Crippen LogP contribution in [0.1, 0.15) is 10.4 Å². The van der Waals surface area contributed by atoms with Gasteiger partial charge in [-0.3, -0.25) is 4.79 Å². The van der Waals surface area contributed by atoms with E-state index in [-0.39, 0.29) is 5.56 Å². The van der Waals surface area contributed by atoms with Gasteiger partial charge in [-0.2, -0.15) is 0 Å². The van der Waals surface area contributed by atoms with Gasteiger partial charge in [0.2, 0.25) is 0 Å². The van der Waals surface area contributed by atoms with Crippen molar-refractivity contribution in [3.05, 3.63) is 46.2 Å². The van der Waals surface area contributed by atoms with Crippen molar-refractivity contribution < 1.29 is 19.4 Å². The molecule has 0 saturated carbocycles. The van der Waals surface area contributed by atoms with Crippen LogP contribution in [0.3, 0.4) is 0 Å². The van der Waals surface area contributed by atoms with Gasteiger partial charge >= 0.3 is 5.97 Å². The molecule has 0 aliphatic carbocycles. The monoisotopic (exact) mass is 275 g/mol. The first-order valence-corrected chi connectivity index (χ1v) is 5.76. The van der Waals surface area contributed by atoms with Crippen molar-refractivity contribution in [2.75, 3.05) is 14.2 Å². The fraction of sp³-hybridized carbons (Fsp3) is 0.143. The van der Waals surface area contributed by atoms with Crippen molar-refractivity contribution in [2.45, 2.75) is 0 Å². The number of nitrogens with one attached hydrogen (secondary N) is 1. The first-order chi connectivity index (χ1) is 9.56. The summed E-state index contributed by atoms with van der Waals surface area (Å²) in [6.45, 7) is 0. The molecule has 1 heterocycles. The Morgan fingerprint density at radius 1 is 1.15 bits per heavy atom. The van der Waals surface area contributed by atoms with Gasteiger partial charge in [-0.15, -0.1) is 0 Å². The number of carboxylic acid groups (broad SMARTS) is 1. The molecule has 2 rings (SSSR count). The molecular formula is C14H13NO5. The molecule has 0 saturated heterocycles. The van der Waals surface area contributed by atoms with E-state index >= 15 is 0 Å². The minimum absolute atomic E-state index is 0.304. The van der Waals surface area contributed by atoms with Crippen LogP contribution in [0.5, 0.6) is 11.5 Å². The highest BCUT2D eigenvalue weighted by molar-refractivity contribution is 5.87. The van der Waals surface area contributed by atoms with Crippen molar-refractivity contribution in [1.82, 2.24) is 4.98 Å². The number of rotatable bonds is 4. The zero-order valence-corrected chi connectivity index (χ0v) is 11.0. The largest absolute Gasteiger partial charge is 0.497 e. The van der Waals surface area contributed by atoms with E-state index in [1.54, 1.807) is 18.2 Å². The van der Waals surface area contributed by atoms with Gasteiger partial charge < -0.3 is 19.6 Å². The van der Waals surface area contributed by atoms with Crippen LogP contribution < -0.4 is 15.0 Å². The van der Waals surface area contributed by atoms with Crippen LogP contribution >= 0.6 is 0 Å². The summed E-state index contributed by atoms with van der Waals surface area (Å²) in [7, 11) is 3.04. The van der Waals surface area contributed by atoms with E-state index in [0.717, 1.165) is 0 Å². The Morgan fingerprint density at radius 2 is 1.90 bits per heavy atom. The van der Waals surface area contributed by atoms with E-state index in [1.807, 2.05) is 0 Å². The molecule has 0 atom stereocenters. The maximum atomic E-state index is 11.7. The van der Waals surface area contributed by atoms with E-state index in [2.05, 4.69) is 4.98 Å². The summed E-state index contributed by atoms with van der Waals surface area (Å²) < 4.78 is 10.3. The second-order valence-corrected chi connectivity index (χ2v) is 3.99. The van der Waals surface area contributed by atoms with Crippen molar-refractivity contribution in [3.63, 3.8) is 0 Å². The number of ether oxygens (including phenoxy) is 2. The average Bonchev–Trinajstić information content (AvgIpc) is 2.46. The topological polar surface area (TPSA) is 88.6 Å². The van der Waals surface area contributed by atoms with E-state index in [1.165, 1.54) is 26.4 Å². The lowest BCUT2D eigenvalue weighted by Gasteiger charge is -2.10. The zero-order chi connectivity index (χ0) is 14.7. The van der Waals surface area contributed by atoms with Crippen LogP contribution in [0, 0.1) is 0 Å². The lowest BCUT2D eigenvalue weighted by atomic mass is 10.1. The fourth-order valence-corrected chi connectivity index (χ4v) is 1.82. The van der Waals surface area contributed by atoms with Gasteiger partial charge in [0.15, 0.2) is 0 Å². The fourth-order valence-electron chi connectivity index (χ4n) is 1.82. The second kappa shape index (κ2) is 5.48. The normalized spacial score (nSPS) is 10.1. The number of H-pyrrole nitrogens is 1. The first-order valence-electron chi connectivity index (χ1n) is 5.76. The smallest absolute Gasteiger partial charge is 0.341 e. The van der Waals surface area contributed by atoms with E-state index < -0.39 is 11.5 Å². The quantitative estimate of drug-likeness (QED) is 0.887. The maximum absolute atomic E-state index is 11.7. The molecular weight excluding hydrogens is 262 g/mol. The Bertz CT molecular complexity index is 705. The van der Waals surface area contributed by atoms with E-state index in [4.69, 9.17) is 14.6 Å². The van der Waals surface area contributed by atoms with Crippen LogP contribution in [-0.2, 0) is 0 Å². The van der Waals surface area contributed by atoms with Gasteiger partial charge in [-0.05, 0) is 24.3 Å². The molecule has 0 fully saturated rings. The third-order valence-electron chi connectivity index (χ3n) is 2.84. The van der Waals surface area contributed by atoms with Crippen LogP contribution in [-0.4, -0.2) is 30.3 Å². The number of methoxy groups -OCH3 is 2. The van der Waals surface area contributed by atoms with Gasteiger partial charge in [-0.25, -0.2) is 4.79 Å². The number of benzene rings is 1. The lowest BCUT2D eigenvalue weighted by molar-refractivity contribution is 0.0695. The number of carboxylic acids is 1. The van der Waals surface area contributed by atoms with Gasteiger partial charge in [-0.1, -0.05) is 0 Å². The summed E-state index contributed by atoms with van der Waals surface area (Å²) in [5, 5.41) is 8.83. The molecule has 0 spiro atoms. The number of aromatic nitrogens is 1. The summed E-state index contributed by atoms with van der Waals surface area (Å²) in [5.41, 5.74) is 0.149. The van der Waals surface area contributed by atoms with Crippen LogP contribution in [0.25, 0.3) is 11.3 Å². The Morgan fingerprint density at radius 3 is 2.45 bits per heavy atom. The van der Waals surface area contributed by atoms with Gasteiger partial charge in [0, 0.05) is 11.6 Å². The predicted molar refractivity (Wildman–Crippen MR) is 72.6 cm³/mol. The van der Waals surface area contributed by atoms with Crippen LogP contribution in [0.2, 0.25) is 0 Å². The number of pyridine rings is 1. The molecule has 20 heavy (non-hydrogen) atoms.